The quantitative estimate of drug-likeness (QED) is 0.207. The SMILES string of the molecule is c1ccc(-c2nc(-c3ccccc3)nc(-c3ccc(-c4cccc(-c5ccc6c(c5)Oc5ccccc5O6)c4)cc3)n2)cc1. The van der Waals surface area contributed by atoms with Crippen molar-refractivity contribution >= 4 is 0 Å². The highest BCUT2D eigenvalue weighted by molar-refractivity contribution is 5.76. The van der Waals surface area contributed by atoms with Crippen LogP contribution in [0, 0.1) is 0 Å². The molecule has 0 unspecified atom stereocenters. The van der Waals surface area contributed by atoms with Crippen LogP contribution < -0.4 is 9.47 Å². The average Bonchev–Trinajstić information content (AvgIpc) is 3.11. The normalized spacial score (nSPS) is 11.5. The van der Waals surface area contributed by atoms with Crippen LogP contribution in [0.3, 0.4) is 0 Å². The summed E-state index contributed by atoms with van der Waals surface area (Å²) in [5.41, 5.74) is 7.18. The Kier molecular flexibility index (Phi) is 6.39. The molecule has 0 amide bonds. The van der Waals surface area contributed by atoms with Gasteiger partial charge in [-0.15, -0.1) is 0 Å². The second kappa shape index (κ2) is 11.0. The lowest BCUT2D eigenvalue weighted by atomic mass is 9.98. The number of para-hydroxylation sites is 2. The molecule has 0 N–H and O–H groups in total. The summed E-state index contributed by atoms with van der Waals surface area (Å²) >= 11 is 0. The molecule has 0 atom stereocenters. The average molecular weight is 568 g/mol. The third-order valence-corrected chi connectivity index (χ3v) is 7.60. The van der Waals surface area contributed by atoms with Crippen molar-refractivity contribution < 1.29 is 9.47 Å². The Morgan fingerprint density at radius 3 is 1.25 bits per heavy atom. The molecule has 0 saturated carbocycles. The summed E-state index contributed by atoms with van der Waals surface area (Å²) in [5.74, 6) is 4.79. The summed E-state index contributed by atoms with van der Waals surface area (Å²) in [6.45, 7) is 0. The predicted octanol–water partition coefficient (Wildman–Crippen LogP) is 10.1. The third kappa shape index (κ3) is 4.97. The van der Waals surface area contributed by atoms with Gasteiger partial charge in [0.2, 0.25) is 0 Å². The van der Waals surface area contributed by atoms with Crippen LogP contribution in [0.25, 0.3) is 56.4 Å². The monoisotopic (exact) mass is 567 g/mol. The molecule has 0 saturated heterocycles. The van der Waals surface area contributed by atoms with Crippen molar-refractivity contribution in [3.8, 4) is 79.4 Å². The maximum Gasteiger partial charge on any atom is 0.170 e. The molecule has 7 aromatic rings. The molecule has 5 heteroatoms. The lowest BCUT2D eigenvalue weighted by Gasteiger charge is -2.21. The van der Waals surface area contributed by atoms with E-state index in [1.54, 1.807) is 0 Å². The van der Waals surface area contributed by atoms with Crippen LogP contribution in [0.4, 0.5) is 0 Å². The number of benzene rings is 6. The van der Waals surface area contributed by atoms with Crippen molar-refractivity contribution in [2.45, 2.75) is 0 Å². The van der Waals surface area contributed by atoms with Crippen molar-refractivity contribution in [3.05, 3.63) is 152 Å². The molecule has 208 valence electrons. The Hall–Kier alpha value is -6.07. The predicted molar refractivity (Wildman–Crippen MR) is 174 cm³/mol. The summed E-state index contributed by atoms with van der Waals surface area (Å²) in [5, 5.41) is 0. The standard InChI is InChI=1S/C39H25N3O2/c1-3-10-27(11-4-1)37-40-38(28-12-5-2-6-13-28)42-39(41-37)29-20-18-26(19-21-29)30-14-9-15-31(24-30)32-22-23-35-36(25-32)44-34-17-8-7-16-33(34)43-35/h1-25H. The van der Waals surface area contributed by atoms with Gasteiger partial charge >= 0.3 is 0 Å². The van der Waals surface area contributed by atoms with Gasteiger partial charge < -0.3 is 9.47 Å². The Morgan fingerprint density at radius 2 is 0.659 bits per heavy atom. The van der Waals surface area contributed by atoms with Crippen molar-refractivity contribution in [1.82, 2.24) is 15.0 Å². The number of hydrogen-bond acceptors (Lipinski definition) is 5. The van der Waals surface area contributed by atoms with Crippen LogP contribution in [-0.4, -0.2) is 15.0 Å². The molecule has 0 fully saturated rings. The molecule has 0 radical (unpaired) electrons. The summed E-state index contributed by atoms with van der Waals surface area (Å²) in [7, 11) is 0. The molecule has 1 aliphatic rings. The minimum absolute atomic E-state index is 0.635. The van der Waals surface area contributed by atoms with Crippen LogP contribution in [0.15, 0.2) is 152 Å². The van der Waals surface area contributed by atoms with Crippen molar-refractivity contribution in [2.24, 2.45) is 0 Å². The van der Waals surface area contributed by atoms with E-state index >= 15 is 0 Å². The largest absolute Gasteiger partial charge is 0.450 e. The minimum Gasteiger partial charge on any atom is -0.450 e. The molecule has 1 aliphatic heterocycles. The second-order valence-corrected chi connectivity index (χ2v) is 10.5. The molecule has 44 heavy (non-hydrogen) atoms. The molecule has 0 spiro atoms. The Morgan fingerprint density at radius 1 is 0.273 bits per heavy atom. The van der Waals surface area contributed by atoms with E-state index in [-0.39, 0.29) is 0 Å². The molecule has 5 nitrogen and oxygen atoms in total. The van der Waals surface area contributed by atoms with Crippen LogP contribution in [0.5, 0.6) is 23.0 Å². The summed E-state index contributed by atoms with van der Waals surface area (Å²) in [4.78, 5) is 14.5. The molecule has 0 bridgehead atoms. The Labute approximate surface area is 255 Å². The summed E-state index contributed by atoms with van der Waals surface area (Å²) in [6.07, 6.45) is 0. The lowest BCUT2D eigenvalue weighted by Crippen LogP contribution is -2.00. The first-order valence-electron chi connectivity index (χ1n) is 14.4. The maximum absolute atomic E-state index is 6.14. The molecule has 1 aromatic heterocycles. The van der Waals surface area contributed by atoms with Crippen LogP contribution in [0.1, 0.15) is 0 Å². The number of nitrogens with zero attached hydrogens (tertiary/aromatic N) is 3. The Bertz CT molecular complexity index is 2050. The van der Waals surface area contributed by atoms with E-state index < -0.39 is 0 Å². The first-order chi connectivity index (χ1) is 21.8. The zero-order chi connectivity index (χ0) is 29.3. The van der Waals surface area contributed by atoms with Gasteiger partial charge in [-0.3, -0.25) is 0 Å². The lowest BCUT2D eigenvalue weighted by molar-refractivity contribution is 0.360. The van der Waals surface area contributed by atoms with Gasteiger partial charge in [-0.1, -0.05) is 121 Å². The van der Waals surface area contributed by atoms with E-state index in [2.05, 4.69) is 54.6 Å². The smallest absolute Gasteiger partial charge is 0.170 e. The van der Waals surface area contributed by atoms with E-state index in [0.29, 0.717) is 29.0 Å². The van der Waals surface area contributed by atoms with Crippen LogP contribution in [-0.2, 0) is 0 Å². The number of hydrogen-bond donors (Lipinski definition) is 0. The van der Waals surface area contributed by atoms with E-state index in [0.717, 1.165) is 50.4 Å². The van der Waals surface area contributed by atoms with Crippen LogP contribution in [0.2, 0.25) is 0 Å². The van der Waals surface area contributed by atoms with Gasteiger partial charge in [0.15, 0.2) is 40.5 Å². The van der Waals surface area contributed by atoms with Gasteiger partial charge in [0.25, 0.3) is 0 Å². The van der Waals surface area contributed by atoms with Gasteiger partial charge in [0, 0.05) is 16.7 Å². The number of rotatable bonds is 5. The molecule has 2 heterocycles. The number of ether oxygens (including phenoxy) is 2. The van der Waals surface area contributed by atoms with Gasteiger partial charge in [0.05, 0.1) is 0 Å². The first-order valence-corrected chi connectivity index (χ1v) is 14.4. The highest BCUT2D eigenvalue weighted by Gasteiger charge is 2.19. The minimum atomic E-state index is 0.635. The van der Waals surface area contributed by atoms with E-state index in [4.69, 9.17) is 24.4 Å². The highest BCUT2D eigenvalue weighted by Crippen LogP contribution is 2.46. The van der Waals surface area contributed by atoms with Crippen LogP contribution >= 0.6 is 0 Å². The zero-order valence-corrected chi connectivity index (χ0v) is 23.6. The molecular formula is C39H25N3O2. The summed E-state index contributed by atoms with van der Waals surface area (Å²) < 4.78 is 12.2. The van der Waals surface area contributed by atoms with Crippen molar-refractivity contribution in [1.29, 1.82) is 0 Å². The fourth-order valence-electron chi connectivity index (χ4n) is 5.34. The van der Waals surface area contributed by atoms with E-state index in [1.807, 2.05) is 97.1 Å². The van der Waals surface area contributed by atoms with Crippen molar-refractivity contribution in [3.63, 3.8) is 0 Å². The van der Waals surface area contributed by atoms with Crippen molar-refractivity contribution in [2.75, 3.05) is 0 Å². The zero-order valence-electron chi connectivity index (χ0n) is 23.6. The molecule has 6 aromatic carbocycles. The van der Waals surface area contributed by atoms with Gasteiger partial charge in [0.1, 0.15) is 0 Å². The maximum atomic E-state index is 6.14. The third-order valence-electron chi connectivity index (χ3n) is 7.60. The highest BCUT2D eigenvalue weighted by atomic mass is 16.6. The summed E-state index contributed by atoms with van der Waals surface area (Å²) in [6, 6.07) is 50.7. The topological polar surface area (TPSA) is 57.1 Å². The van der Waals surface area contributed by atoms with Gasteiger partial charge in [-0.2, -0.15) is 0 Å². The molecule has 0 aliphatic carbocycles. The van der Waals surface area contributed by atoms with Gasteiger partial charge in [-0.05, 0) is 52.6 Å². The van der Waals surface area contributed by atoms with E-state index in [9.17, 15) is 0 Å². The number of fused-ring (bicyclic) bond motifs is 2. The Balaban J connectivity index is 1.11. The van der Waals surface area contributed by atoms with Gasteiger partial charge in [-0.25, -0.2) is 15.0 Å². The second-order valence-electron chi connectivity index (χ2n) is 10.5. The fourth-order valence-corrected chi connectivity index (χ4v) is 5.34. The molecule has 8 rings (SSSR count). The number of aromatic nitrogens is 3. The van der Waals surface area contributed by atoms with E-state index in [1.165, 1.54) is 0 Å². The molecular weight excluding hydrogens is 542 g/mol. The first kappa shape index (κ1) is 25.6. The fraction of sp³-hybridized carbons (Fsp3) is 0.